The minimum atomic E-state index is -0.644. The van der Waals surface area contributed by atoms with Crippen LogP contribution in [-0.4, -0.2) is 22.9 Å². The zero-order valence-corrected chi connectivity index (χ0v) is 11.2. The Hall–Kier alpha value is -3.00. The second-order valence-electron chi connectivity index (χ2n) is 4.16. The summed E-state index contributed by atoms with van der Waals surface area (Å²) >= 11 is 0. The summed E-state index contributed by atoms with van der Waals surface area (Å²) in [7, 11) is 1.50. The number of amides is 1. The van der Waals surface area contributed by atoms with Crippen LogP contribution in [0.3, 0.4) is 0 Å². The molecule has 0 bridgehead atoms. The van der Waals surface area contributed by atoms with Crippen LogP contribution in [0.4, 0.5) is 17.2 Å². The molecule has 21 heavy (non-hydrogen) atoms. The number of hydrazine groups is 1. The van der Waals surface area contributed by atoms with Gasteiger partial charge >= 0.3 is 5.69 Å². The number of nitrogens with zero attached hydrogens (tertiary/aromatic N) is 3. The molecule has 8 heteroatoms. The quantitative estimate of drug-likeness (QED) is 0.501. The summed E-state index contributed by atoms with van der Waals surface area (Å²) in [5.74, 6) is 5.10. The molecule has 0 radical (unpaired) electrons. The second kappa shape index (κ2) is 5.97. The van der Waals surface area contributed by atoms with E-state index in [2.05, 4.69) is 10.4 Å². The van der Waals surface area contributed by atoms with Gasteiger partial charge in [0.05, 0.1) is 4.92 Å². The van der Waals surface area contributed by atoms with E-state index in [9.17, 15) is 14.9 Å². The molecule has 0 aliphatic heterocycles. The Morgan fingerprint density at radius 1 is 1.33 bits per heavy atom. The Kier molecular flexibility index (Phi) is 4.10. The smallest absolute Gasteiger partial charge is 0.306 e. The lowest BCUT2D eigenvalue weighted by Gasteiger charge is -2.16. The third-order valence-electron chi connectivity index (χ3n) is 2.90. The zero-order valence-electron chi connectivity index (χ0n) is 11.2. The van der Waals surface area contributed by atoms with Gasteiger partial charge in [-0.05, 0) is 24.3 Å². The van der Waals surface area contributed by atoms with Gasteiger partial charge in [0.25, 0.3) is 5.91 Å². The fraction of sp³-hybridized carbons (Fsp3) is 0.0769. The molecular weight excluding hydrogens is 274 g/mol. The van der Waals surface area contributed by atoms with Crippen LogP contribution in [0, 0.1) is 10.1 Å². The fourth-order valence-corrected chi connectivity index (χ4v) is 1.87. The Labute approximate surface area is 120 Å². The Balaban J connectivity index is 2.47. The zero-order chi connectivity index (χ0) is 15.4. The number of anilines is 2. The van der Waals surface area contributed by atoms with Crippen LogP contribution >= 0.6 is 0 Å². The minimum Gasteiger partial charge on any atom is -0.318 e. The third kappa shape index (κ3) is 2.79. The topological polar surface area (TPSA) is 114 Å². The van der Waals surface area contributed by atoms with Crippen LogP contribution < -0.4 is 16.2 Å². The Morgan fingerprint density at radius 3 is 2.67 bits per heavy atom. The van der Waals surface area contributed by atoms with Crippen LogP contribution in [0.25, 0.3) is 0 Å². The molecule has 1 amide bonds. The van der Waals surface area contributed by atoms with Crippen molar-refractivity contribution in [3.8, 4) is 0 Å². The van der Waals surface area contributed by atoms with Gasteiger partial charge in [-0.1, -0.05) is 12.1 Å². The number of nitrogen functional groups attached to an aromatic ring is 1. The molecule has 2 rings (SSSR count). The molecule has 1 aromatic carbocycles. The standard InChI is InChI=1S/C13H13N5O3/c1-17(11-7-2-3-8-15-11)13(19)9-5-4-6-10(16-14)12(9)18(20)21/h2-8,16H,14H2,1H3. The van der Waals surface area contributed by atoms with E-state index in [4.69, 9.17) is 5.84 Å². The van der Waals surface area contributed by atoms with Crippen molar-refractivity contribution in [3.05, 3.63) is 58.3 Å². The first-order valence-corrected chi connectivity index (χ1v) is 5.99. The summed E-state index contributed by atoms with van der Waals surface area (Å²) in [6, 6.07) is 9.38. The largest absolute Gasteiger partial charge is 0.318 e. The highest BCUT2D eigenvalue weighted by Crippen LogP contribution is 2.29. The van der Waals surface area contributed by atoms with Crippen molar-refractivity contribution in [2.75, 3.05) is 17.4 Å². The number of aromatic nitrogens is 1. The van der Waals surface area contributed by atoms with Gasteiger partial charge in [0, 0.05) is 13.2 Å². The van der Waals surface area contributed by atoms with Crippen molar-refractivity contribution in [1.82, 2.24) is 4.98 Å². The number of nitrogens with two attached hydrogens (primary N) is 1. The van der Waals surface area contributed by atoms with Crippen molar-refractivity contribution in [2.24, 2.45) is 5.84 Å². The molecular formula is C13H13N5O3. The maximum absolute atomic E-state index is 12.5. The number of benzene rings is 1. The average Bonchev–Trinajstić information content (AvgIpc) is 2.53. The van der Waals surface area contributed by atoms with Gasteiger partial charge in [-0.3, -0.25) is 25.7 Å². The molecule has 0 aliphatic carbocycles. The van der Waals surface area contributed by atoms with Crippen LogP contribution in [-0.2, 0) is 0 Å². The van der Waals surface area contributed by atoms with E-state index in [1.807, 2.05) is 0 Å². The van der Waals surface area contributed by atoms with E-state index in [-0.39, 0.29) is 16.9 Å². The van der Waals surface area contributed by atoms with Crippen molar-refractivity contribution < 1.29 is 9.72 Å². The molecule has 0 aliphatic rings. The lowest BCUT2D eigenvalue weighted by atomic mass is 10.1. The normalized spacial score (nSPS) is 10.0. The predicted octanol–water partition coefficient (Wildman–Crippen LogP) is 1.55. The highest BCUT2D eigenvalue weighted by molar-refractivity contribution is 6.09. The Bertz CT molecular complexity index is 675. The number of hydrogen-bond acceptors (Lipinski definition) is 6. The summed E-state index contributed by atoms with van der Waals surface area (Å²) in [6.45, 7) is 0. The number of para-hydroxylation sites is 1. The monoisotopic (exact) mass is 287 g/mol. The molecule has 0 saturated carbocycles. The van der Waals surface area contributed by atoms with Crippen LogP contribution in [0.1, 0.15) is 10.4 Å². The van der Waals surface area contributed by atoms with E-state index < -0.39 is 10.8 Å². The molecule has 0 atom stereocenters. The molecule has 2 aromatic rings. The third-order valence-corrected chi connectivity index (χ3v) is 2.90. The van der Waals surface area contributed by atoms with Crippen molar-refractivity contribution in [2.45, 2.75) is 0 Å². The molecule has 8 nitrogen and oxygen atoms in total. The van der Waals surface area contributed by atoms with E-state index in [0.717, 1.165) is 0 Å². The maximum atomic E-state index is 12.5. The van der Waals surface area contributed by atoms with Gasteiger partial charge in [-0.15, -0.1) is 0 Å². The van der Waals surface area contributed by atoms with Gasteiger partial charge in [0.15, 0.2) is 0 Å². The number of pyridine rings is 1. The average molecular weight is 287 g/mol. The van der Waals surface area contributed by atoms with E-state index in [1.165, 1.54) is 36.3 Å². The SMILES string of the molecule is CN(C(=O)c1cccc(NN)c1[N+](=O)[O-])c1ccccn1. The Morgan fingerprint density at radius 2 is 2.10 bits per heavy atom. The number of carbonyl (C=O) groups excluding carboxylic acids is 1. The van der Waals surface area contributed by atoms with Crippen molar-refractivity contribution in [3.63, 3.8) is 0 Å². The molecule has 0 fully saturated rings. The van der Waals surface area contributed by atoms with Crippen LogP contribution in [0.5, 0.6) is 0 Å². The molecule has 0 unspecified atom stereocenters. The van der Waals surface area contributed by atoms with Gasteiger partial charge in [-0.25, -0.2) is 4.98 Å². The van der Waals surface area contributed by atoms with Crippen LogP contribution in [0.15, 0.2) is 42.6 Å². The summed E-state index contributed by atoms with van der Waals surface area (Å²) < 4.78 is 0. The number of rotatable bonds is 4. The highest BCUT2D eigenvalue weighted by atomic mass is 16.6. The second-order valence-corrected chi connectivity index (χ2v) is 4.16. The first-order chi connectivity index (χ1) is 10.1. The number of nitro benzene ring substituents is 1. The van der Waals surface area contributed by atoms with Gasteiger partial charge in [0.1, 0.15) is 17.1 Å². The molecule has 108 valence electrons. The number of nitro groups is 1. The summed E-state index contributed by atoms with van der Waals surface area (Å²) in [6.07, 6.45) is 1.53. The predicted molar refractivity (Wildman–Crippen MR) is 77.9 cm³/mol. The summed E-state index contributed by atoms with van der Waals surface area (Å²) in [5, 5.41) is 11.2. The molecule has 1 aromatic heterocycles. The lowest BCUT2D eigenvalue weighted by molar-refractivity contribution is -0.384. The van der Waals surface area contributed by atoms with E-state index in [0.29, 0.717) is 5.82 Å². The van der Waals surface area contributed by atoms with E-state index in [1.54, 1.807) is 18.2 Å². The highest BCUT2D eigenvalue weighted by Gasteiger charge is 2.27. The number of carbonyl (C=O) groups is 1. The molecule has 0 saturated heterocycles. The van der Waals surface area contributed by atoms with Crippen LogP contribution in [0.2, 0.25) is 0 Å². The van der Waals surface area contributed by atoms with Gasteiger partial charge in [0.2, 0.25) is 0 Å². The molecule has 0 spiro atoms. The van der Waals surface area contributed by atoms with Crippen molar-refractivity contribution >= 4 is 23.1 Å². The number of hydrogen-bond donors (Lipinski definition) is 2. The minimum absolute atomic E-state index is 0.0661. The summed E-state index contributed by atoms with van der Waals surface area (Å²) in [5.41, 5.74) is 1.86. The molecule has 1 heterocycles. The van der Waals surface area contributed by atoms with E-state index >= 15 is 0 Å². The first kappa shape index (κ1) is 14.4. The van der Waals surface area contributed by atoms with Crippen molar-refractivity contribution in [1.29, 1.82) is 0 Å². The van der Waals surface area contributed by atoms with Gasteiger partial charge in [-0.2, -0.15) is 0 Å². The first-order valence-electron chi connectivity index (χ1n) is 5.99. The maximum Gasteiger partial charge on any atom is 0.306 e. The lowest BCUT2D eigenvalue weighted by Crippen LogP contribution is -2.28. The number of nitrogens with one attached hydrogen (secondary N) is 1. The summed E-state index contributed by atoms with van der Waals surface area (Å²) in [4.78, 5) is 28.3. The van der Waals surface area contributed by atoms with Gasteiger partial charge < -0.3 is 5.43 Å². The fourth-order valence-electron chi connectivity index (χ4n) is 1.87. The molecule has 3 N–H and O–H groups in total.